The number of nitrogens with zero attached hydrogens (tertiary/aromatic N) is 3. The van der Waals surface area contributed by atoms with E-state index < -0.39 is 21.5 Å². The predicted octanol–water partition coefficient (Wildman–Crippen LogP) is 3.24. The van der Waals surface area contributed by atoms with Gasteiger partial charge in [-0.3, -0.25) is 9.58 Å². The lowest BCUT2D eigenvalue weighted by atomic mass is 9.81. The fraction of sp³-hybridized carbons (Fsp3) is 0.632. The summed E-state index contributed by atoms with van der Waals surface area (Å²) >= 11 is 14.0. The van der Waals surface area contributed by atoms with Gasteiger partial charge in [0.25, 0.3) is 0 Å². The van der Waals surface area contributed by atoms with Gasteiger partial charge in [-0.15, -0.1) is 11.3 Å². The molecule has 1 N–H and O–H groups in total. The molecule has 1 unspecified atom stereocenters. The van der Waals surface area contributed by atoms with Crippen LogP contribution in [0.2, 0.25) is 9.36 Å². The maximum atomic E-state index is 11.4. The van der Waals surface area contributed by atoms with Gasteiger partial charge in [-0.25, -0.2) is 8.42 Å². The molecule has 2 aromatic rings. The van der Waals surface area contributed by atoms with Crippen molar-refractivity contribution in [2.24, 2.45) is 0 Å². The molecule has 4 rings (SSSR count). The van der Waals surface area contributed by atoms with E-state index in [-0.39, 0.29) is 18.4 Å². The Morgan fingerprint density at radius 1 is 1.43 bits per heavy atom. The minimum atomic E-state index is -3.02. The number of likely N-dealkylation sites (tertiary alicyclic amines) is 1. The zero-order chi connectivity index (χ0) is 21.7. The number of piperidine rings is 1. The average molecular weight is 494 g/mol. The van der Waals surface area contributed by atoms with E-state index in [0.29, 0.717) is 15.9 Å². The number of hydrogen-bond donors (Lipinski definition) is 1. The van der Waals surface area contributed by atoms with Crippen LogP contribution in [0.4, 0.5) is 0 Å². The molecule has 4 heterocycles. The maximum Gasteiger partial charge on any atom is 0.149 e. The molecule has 1 fully saturated rings. The fourth-order valence-corrected chi connectivity index (χ4v) is 6.75. The maximum absolute atomic E-state index is 11.4. The molecule has 0 radical (unpaired) electrons. The lowest BCUT2D eigenvalue weighted by Crippen LogP contribution is -2.50. The molecular formula is C19H25Cl2N3O4S2. The van der Waals surface area contributed by atoms with Crippen LogP contribution >= 0.6 is 34.5 Å². The molecule has 0 amide bonds. The second kappa shape index (κ2) is 8.35. The van der Waals surface area contributed by atoms with Crippen molar-refractivity contribution in [3.63, 3.8) is 0 Å². The van der Waals surface area contributed by atoms with E-state index in [1.165, 1.54) is 17.6 Å². The predicted molar refractivity (Wildman–Crippen MR) is 118 cm³/mol. The summed E-state index contributed by atoms with van der Waals surface area (Å²) in [7, 11) is -3.02. The van der Waals surface area contributed by atoms with Crippen LogP contribution in [0, 0.1) is 0 Å². The van der Waals surface area contributed by atoms with Crippen molar-refractivity contribution in [3.8, 4) is 0 Å². The summed E-state index contributed by atoms with van der Waals surface area (Å²) in [6, 6.07) is 0.237. The van der Waals surface area contributed by atoms with Crippen molar-refractivity contribution in [2.75, 3.05) is 25.2 Å². The van der Waals surface area contributed by atoms with Crippen LogP contribution in [0.3, 0.4) is 0 Å². The summed E-state index contributed by atoms with van der Waals surface area (Å²) in [6.45, 7) is 4.30. The first-order valence-corrected chi connectivity index (χ1v) is 13.4. The van der Waals surface area contributed by atoms with Crippen molar-refractivity contribution in [1.82, 2.24) is 14.7 Å². The van der Waals surface area contributed by atoms with Gasteiger partial charge in [0.1, 0.15) is 25.9 Å². The Morgan fingerprint density at radius 2 is 2.20 bits per heavy atom. The smallest absolute Gasteiger partial charge is 0.149 e. The van der Waals surface area contributed by atoms with E-state index in [4.69, 9.17) is 27.9 Å². The number of rotatable bonds is 5. The van der Waals surface area contributed by atoms with Gasteiger partial charge in [0.15, 0.2) is 0 Å². The summed E-state index contributed by atoms with van der Waals surface area (Å²) in [6.07, 6.45) is 5.76. The summed E-state index contributed by atoms with van der Waals surface area (Å²) in [5, 5.41) is 15.1. The second-order valence-corrected chi connectivity index (χ2v) is 12.5. The minimum Gasteiger partial charge on any atom is -0.386 e. The highest BCUT2D eigenvalue weighted by atomic mass is 35.5. The summed E-state index contributed by atoms with van der Waals surface area (Å²) < 4.78 is 31.1. The Hall–Kier alpha value is -0.680. The third-order valence-electron chi connectivity index (χ3n) is 5.92. The molecule has 166 valence electrons. The molecule has 11 heteroatoms. The van der Waals surface area contributed by atoms with Crippen molar-refractivity contribution in [2.45, 2.75) is 50.6 Å². The highest BCUT2D eigenvalue weighted by Crippen LogP contribution is 2.53. The molecule has 1 spiro atoms. The zero-order valence-electron chi connectivity index (χ0n) is 16.8. The molecule has 30 heavy (non-hydrogen) atoms. The summed E-state index contributed by atoms with van der Waals surface area (Å²) in [5.41, 5.74) is 1.31. The van der Waals surface area contributed by atoms with E-state index in [1.54, 1.807) is 10.9 Å². The van der Waals surface area contributed by atoms with Crippen LogP contribution in [0.5, 0.6) is 0 Å². The molecule has 0 saturated carbocycles. The van der Waals surface area contributed by atoms with Gasteiger partial charge >= 0.3 is 0 Å². The second-order valence-electron chi connectivity index (χ2n) is 8.27. The van der Waals surface area contributed by atoms with Gasteiger partial charge in [0.05, 0.1) is 30.1 Å². The number of aliphatic hydroxyl groups excluding tert-OH is 1. The van der Waals surface area contributed by atoms with Gasteiger partial charge in [-0.2, -0.15) is 5.10 Å². The molecular weight excluding hydrogens is 469 g/mol. The Balaban J connectivity index is 1.45. The standard InChI is InChI=1S/C19H25Cl2N3O4S2/c1-12-7-19(17-15(14(25)11-28-19)16(20)18(21)29-17)3-4-23(12)9-13-8-22-24(10-13)5-6-30(2,26)27/h8,10,12,14,25H,3-7,9,11H2,1-2H3/t12-,14?,19+/m0/s1. The number of aromatic nitrogens is 2. The number of sulfone groups is 1. The van der Waals surface area contributed by atoms with Crippen LogP contribution < -0.4 is 0 Å². The van der Waals surface area contributed by atoms with Gasteiger partial charge in [0, 0.05) is 47.6 Å². The van der Waals surface area contributed by atoms with Crippen LogP contribution in [-0.4, -0.2) is 59.4 Å². The van der Waals surface area contributed by atoms with Crippen LogP contribution in [0.15, 0.2) is 12.4 Å². The number of aliphatic hydroxyl groups is 1. The Bertz CT molecular complexity index is 1040. The van der Waals surface area contributed by atoms with E-state index in [1.807, 2.05) is 6.20 Å². The minimum absolute atomic E-state index is 0.0776. The Kier molecular flexibility index (Phi) is 6.26. The number of halogens is 2. The Morgan fingerprint density at radius 3 is 2.90 bits per heavy atom. The summed E-state index contributed by atoms with van der Waals surface area (Å²) in [5.74, 6) is 0.0776. The molecule has 0 aliphatic carbocycles. The molecule has 2 aromatic heterocycles. The number of thiophene rings is 1. The van der Waals surface area contributed by atoms with E-state index in [2.05, 4.69) is 16.9 Å². The normalized spacial score (nSPS) is 27.5. The number of hydrogen-bond acceptors (Lipinski definition) is 7. The van der Waals surface area contributed by atoms with E-state index in [9.17, 15) is 13.5 Å². The number of aryl methyl sites for hydroxylation is 1. The molecule has 7 nitrogen and oxygen atoms in total. The van der Waals surface area contributed by atoms with Crippen molar-refractivity contribution in [1.29, 1.82) is 0 Å². The molecule has 1 saturated heterocycles. The van der Waals surface area contributed by atoms with E-state index >= 15 is 0 Å². The van der Waals surface area contributed by atoms with Crippen LogP contribution in [0.25, 0.3) is 0 Å². The monoisotopic (exact) mass is 493 g/mol. The topological polar surface area (TPSA) is 84.7 Å². The lowest BCUT2D eigenvalue weighted by Gasteiger charge is -2.47. The van der Waals surface area contributed by atoms with Gasteiger partial charge in [0.2, 0.25) is 0 Å². The highest BCUT2D eigenvalue weighted by molar-refractivity contribution is 7.90. The van der Waals surface area contributed by atoms with Crippen molar-refractivity contribution < 1.29 is 18.3 Å². The van der Waals surface area contributed by atoms with Gasteiger partial charge in [-0.05, 0) is 19.8 Å². The zero-order valence-corrected chi connectivity index (χ0v) is 20.0. The quantitative estimate of drug-likeness (QED) is 0.687. The average Bonchev–Trinajstić information content (AvgIpc) is 3.24. The van der Waals surface area contributed by atoms with Gasteiger partial charge < -0.3 is 9.84 Å². The molecule has 2 aliphatic rings. The molecule has 3 atom stereocenters. The number of ether oxygens (including phenoxy) is 1. The number of fused-ring (bicyclic) bond motifs is 2. The fourth-order valence-electron chi connectivity index (χ4n) is 4.35. The van der Waals surface area contributed by atoms with Crippen LogP contribution in [-0.2, 0) is 33.3 Å². The van der Waals surface area contributed by atoms with Gasteiger partial charge in [-0.1, -0.05) is 23.2 Å². The summed E-state index contributed by atoms with van der Waals surface area (Å²) in [4.78, 5) is 3.32. The first kappa shape index (κ1) is 22.5. The third kappa shape index (κ3) is 4.44. The molecule has 0 bridgehead atoms. The third-order valence-corrected chi connectivity index (χ3v) is 9.05. The molecule has 0 aromatic carbocycles. The SMILES string of the molecule is C[C@H]1C[C@@]2(CCN1Cc1cnn(CCS(C)(=O)=O)c1)OCC(O)c1c2sc(Cl)c1Cl. The largest absolute Gasteiger partial charge is 0.386 e. The first-order chi connectivity index (χ1) is 14.1. The van der Waals surface area contributed by atoms with Crippen LogP contribution in [0.1, 0.15) is 41.9 Å². The van der Waals surface area contributed by atoms with Crippen molar-refractivity contribution >= 4 is 44.4 Å². The van der Waals surface area contributed by atoms with E-state index in [0.717, 1.165) is 41.9 Å². The first-order valence-electron chi connectivity index (χ1n) is 9.81. The van der Waals surface area contributed by atoms with Crippen molar-refractivity contribution in [3.05, 3.63) is 37.8 Å². The Labute approximate surface area is 190 Å². The highest BCUT2D eigenvalue weighted by Gasteiger charge is 2.47. The molecule has 2 aliphatic heterocycles. The lowest BCUT2D eigenvalue weighted by molar-refractivity contribution is -0.139.